The minimum Gasteiger partial charge on any atom is -0.504 e. The molecule has 23 heavy (non-hydrogen) atoms. The molecule has 0 aliphatic carbocycles. The first-order valence-electron chi connectivity index (χ1n) is 7.73. The van der Waals surface area contributed by atoms with Crippen LogP contribution in [0.5, 0.6) is 23.0 Å². The first-order chi connectivity index (χ1) is 11.2. The van der Waals surface area contributed by atoms with E-state index in [0.717, 1.165) is 29.7 Å². The summed E-state index contributed by atoms with van der Waals surface area (Å²) >= 11 is 0. The maximum atomic E-state index is 9.88. The summed E-state index contributed by atoms with van der Waals surface area (Å²) in [5, 5.41) is 23.1. The topological polar surface area (TPSA) is 71.0 Å². The number of benzene rings is 2. The molecule has 2 aromatic rings. The highest BCUT2D eigenvalue weighted by Crippen LogP contribution is 2.41. The van der Waals surface area contributed by atoms with Crippen molar-refractivity contribution in [3.05, 3.63) is 47.0 Å². The summed E-state index contributed by atoms with van der Waals surface area (Å²) in [7, 11) is 1.62. The number of phenols is 2. The van der Waals surface area contributed by atoms with Crippen molar-refractivity contribution in [2.75, 3.05) is 20.3 Å². The fourth-order valence-corrected chi connectivity index (χ4v) is 3.08. The first kappa shape index (κ1) is 15.5. The highest BCUT2D eigenvalue weighted by atomic mass is 16.5. The molecule has 0 amide bonds. The Labute approximate surface area is 135 Å². The lowest BCUT2D eigenvalue weighted by atomic mass is 9.89. The number of hydrogen-bond donors (Lipinski definition) is 3. The van der Waals surface area contributed by atoms with Gasteiger partial charge in [-0.05, 0) is 42.7 Å². The van der Waals surface area contributed by atoms with Crippen molar-refractivity contribution in [3.8, 4) is 23.0 Å². The molecule has 0 saturated heterocycles. The first-order valence-corrected chi connectivity index (χ1v) is 7.73. The molecule has 1 atom stereocenters. The summed E-state index contributed by atoms with van der Waals surface area (Å²) in [6.07, 6.45) is 0.799. The van der Waals surface area contributed by atoms with Crippen molar-refractivity contribution in [2.45, 2.75) is 19.4 Å². The largest absolute Gasteiger partial charge is 0.504 e. The summed E-state index contributed by atoms with van der Waals surface area (Å²) in [5.74, 6) is 1.19. The molecular formula is C18H21NO4. The molecule has 122 valence electrons. The van der Waals surface area contributed by atoms with Crippen LogP contribution in [-0.4, -0.2) is 30.5 Å². The van der Waals surface area contributed by atoms with Gasteiger partial charge in [0, 0.05) is 12.1 Å². The zero-order valence-corrected chi connectivity index (χ0v) is 13.3. The van der Waals surface area contributed by atoms with Crippen LogP contribution in [0.1, 0.15) is 29.7 Å². The van der Waals surface area contributed by atoms with E-state index in [1.807, 2.05) is 25.1 Å². The van der Waals surface area contributed by atoms with Gasteiger partial charge in [-0.2, -0.15) is 0 Å². The van der Waals surface area contributed by atoms with Crippen LogP contribution < -0.4 is 14.8 Å². The summed E-state index contributed by atoms with van der Waals surface area (Å²) in [4.78, 5) is 0. The Morgan fingerprint density at radius 1 is 1.17 bits per heavy atom. The van der Waals surface area contributed by atoms with Gasteiger partial charge in [-0.3, -0.25) is 0 Å². The highest BCUT2D eigenvalue weighted by molar-refractivity contribution is 5.55. The minimum atomic E-state index is -0.123. The number of phenolic OH excluding ortho intramolecular Hbond substituents is 2. The standard InChI is InChI=1S/C18H21NO4/c1-3-23-18-12(5-4-6-16(18)22-2)17-13-10-15(21)14(20)9-11(13)7-8-19-17/h4-6,9-10,17,19-21H,3,7-8H2,1-2H3. The average molecular weight is 315 g/mol. The quantitative estimate of drug-likeness (QED) is 0.757. The van der Waals surface area contributed by atoms with Crippen molar-refractivity contribution in [2.24, 2.45) is 0 Å². The molecule has 0 aromatic heterocycles. The summed E-state index contributed by atoms with van der Waals surface area (Å²) in [6.45, 7) is 3.25. The molecule has 0 fully saturated rings. The van der Waals surface area contributed by atoms with E-state index in [1.165, 1.54) is 0 Å². The Kier molecular flexibility index (Phi) is 4.30. The fourth-order valence-electron chi connectivity index (χ4n) is 3.08. The molecule has 1 heterocycles. The van der Waals surface area contributed by atoms with E-state index in [1.54, 1.807) is 19.2 Å². The molecular weight excluding hydrogens is 294 g/mol. The summed E-state index contributed by atoms with van der Waals surface area (Å²) < 4.78 is 11.2. The van der Waals surface area contributed by atoms with Gasteiger partial charge in [-0.25, -0.2) is 0 Å². The molecule has 1 unspecified atom stereocenters. The predicted molar refractivity (Wildman–Crippen MR) is 87.5 cm³/mol. The Morgan fingerprint density at radius 3 is 2.70 bits per heavy atom. The van der Waals surface area contributed by atoms with Crippen LogP contribution in [0.25, 0.3) is 0 Å². The Bertz CT molecular complexity index is 714. The van der Waals surface area contributed by atoms with Crippen molar-refractivity contribution >= 4 is 0 Å². The number of nitrogens with one attached hydrogen (secondary N) is 1. The molecule has 0 radical (unpaired) electrons. The number of fused-ring (bicyclic) bond motifs is 1. The van der Waals surface area contributed by atoms with E-state index >= 15 is 0 Å². The van der Waals surface area contributed by atoms with Gasteiger partial charge in [0.05, 0.1) is 19.8 Å². The molecule has 0 bridgehead atoms. The van der Waals surface area contributed by atoms with Gasteiger partial charge in [0.2, 0.25) is 0 Å². The Morgan fingerprint density at radius 2 is 1.96 bits per heavy atom. The predicted octanol–water partition coefficient (Wildman–Crippen LogP) is 2.74. The molecule has 0 spiro atoms. The molecule has 2 aromatic carbocycles. The third-order valence-electron chi connectivity index (χ3n) is 4.12. The van der Waals surface area contributed by atoms with Crippen molar-refractivity contribution in [1.29, 1.82) is 0 Å². The maximum absolute atomic E-state index is 9.88. The second kappa shape index (κ2) is 6.38. The van der Waals surface area contributed by atoms with E-state index in [0.29, 0.717) is 18.1 Å². The van der Waals surface area contributed by atoms with Gasteiger partial charge >= 0.3 is 0 Å². The van der Waals surface area contributed by atoms with Crippen LogP contribution in [-0.2, 0) is 6.42 Å². The third-order valence-corrected chi connectivity index (χ3v) is 4.12. The lowest BCUT2D eigenvalue weighted by molar-refractivity contribution is 0.304. The average Bonchev–Trinajstić information content (AvgIpc) is 2.56. The van der Waals surface area contributed by atoms with Crippen LogP contribution in [0, 0.1) is 0 Å². The molecule has 0 saturated carbocycles. The van der Waals surface area contributed by atoms with Gasteiger partial charge in [-0.1, -0.05) is 12.1 Å². The second-order valence-corrected chi connectivity index (χ2v) is 5.49. The molecule has 3 N–H and O–H groups in total. The Hall–Kier alpha value is -2.40. The second-order valence-electron chi connectivity index (χ2n) is 5.49. The van der Waals surface area contributed by atoms with Crippen LogP contribution in [0.4, 0.5) is 0 Å². The number of rotatable bonds is 4. The summed E-state index contributed by atoms with van der Waals surface area (Å²) in [5.41, 5.74) is 2.92. The van der Waals surface area contributed by atoms with E-state index in [9.17, 15) is 10.2 Å². The molecule has 5 nitrogen and oxygen atoms in total. The number of para-hydroxylation sites is 1. The maximum Gasteiger partial charge on any atom is 0.166 e. The summed E-state index contributed by atoms with van der Waals surface area (Å²) in [6, 6.07) is 8.92. The lowest BCUT2D eigenvalue weighted by Gasteiger charge is -2.29. The van der Waals surface area contributed by atoms with Crippen molar-refractivity contribution < 1.29 is 19.7 Å². The van der Waals surface area contributed by atoms with Gasteiger partial charge in [0.25, 0.3) is 0 Å². The van der Waals surface area contributed by atoms with Crippen molar-refractivity contribution in [1.82, 2.24) is 5.32 Å². The van der Waals surface area contributed by atoms with E-state index in [2.05, 4.69) is 5.32 Å². The van der Waals surface area contributed by atoms with Crippen LogP contribution in [0.3, 0.4) is 0 Å². The zero-order chi connectivity index (χ0) is 16.4. The minimum absolute atomic E-state index is 0.0833. The van der Waals surface area contributed by atoms with Gasteiger partial charge < -0.3 is 25.0 Å². The zero-order valence-electron chi connectivity index (χ0n) is 13.3. The van der Waals surface area contributed by atoms with Crippen molar-refractivity contribution in [3.63, 3.8) is 0 Å². The molecule has 3 rings (SSSR count). The number of methoxy groups -OCH3 is 1. The third kappa shape index (κ3) is 2.80. The van der Waals surface area contributed by atoms with E-state index in [-0.39, 0.29) is 17.5 Å². The smallest absolute Gasteiger partial charge is 0.166 e. The normalized spacial score (nSPS) is 16.7. The fraction of sp³-hybridized carbons (Fsp3) is 0.333. The molecule has 1 aliphatic heterocycles. The van der Waals surface area contributed by atoms with Gasteiger partial charge in [0.15, 0.2) is 23.0 Å². The van der Waals surface area contributed by atoms with E-state index < -0.39 is 0 Å². The number of aromatic hydroxyl groups is 2. The van der Waals surface area contributed by atoms with E-state index in [4.69, 9.17) is 9.47 Å². The van der Waals surface area contributed by atoms with Crippen LogP contribution >= 0.6 is 0 Å². The monoisotopic (exact) mass is 315 g/mol. The highest BCUT2D eigenvalue weighted by Gasteiger charge is 2.27. The SMILES string of the molecule is CCOc1c(OC)cccc1C1NCCc2cc(O)c(O)cc21. The number of ether oxygens (including phenoxy) is 2. The van der Waals surface area contributed by atoms with Gasteiger partial charge in [0.1, 0.15) is 0 Å². The molecule has 5 heteroatoms. The number of hydrogen-bond acceptors (Lipinski definition) is 5. The van der Waals surface area contributed by atoms with Crippen LogP contribution in [0.2, 0.25) is 0 Å². The Balaban J connectivity index is 2.13. The van der Waals surface area contributed by atoms with Gasteiger partial charge in [-0.15, -0.1) is 0 Å². The van der Waals surface area contributed by atoms with Crippen LogP contribution in [0.15, 0.2) is 30.3 Å². The molecule has 1 aliphatic rings. The lowest BCUT2D eigenvalue weighted by Crippen LogP contribution is -2.31.